The fourth-order valence-corrected chi connectivity index (χ4v) is 3.28. The van der Waals surface area contributed by atoms with Crippen LogP contribution in [0.2, 0.25) is 0 Å². The summed E-state index contributed by atoms with van der Waals surface area (Å²) in [6, 6.07) is 8.05. The number of methoxy groups -OCH3 is 3. The van der Waals surface area contributed by atoms with Crippen LogP contribution in [0.4, 0.5) is 4.39 Å². The number of fused-ring (bicyclic) bond motifs is 1. The van der Waals surface area contributed by atoms with E-state index in [4.69, 9.17) is 18.9 Å². The second-order valence-electron chi connectivity index (χ2n) is 6.25. The van der Waals surface area contributed by atoms with E-state index in [1.54, 1.807) is 27.4 Å². The number of carbonyl (C=O) groups is 1. The molecule has 0 saturated heterocycles. The van der Waals surface area contributed by atoms with Gasteiger partial charge in [0.1, 0.15) is 11.6 Å². The maximum atomic E-state index is 13.8. The van der Waals surface area contributed by atoms with E-state index in [1.807, 2.05) is 25.1 Å². The lowest BCUT2D eigenvalue weighted by Gasteiger charge is -2.13. The Kier molecular flexibility index (Phi) is 5.40. The van der Waals surface area contributed by atoms with Crippen LogP contribution in [0.5, 0.6) is 17.2 Å². The van der Waals surface area contributed by atoms with Crippen LogP contribution in [0.1, 0.15) is 30.5 Å². The average molecular weight is 384 g/mol. The largest absolute Gasteiger partial charge is 0.493 e. The van der Waals surface area contributed by atoms with Crippen LogP contribution in [-0.4, -0.2) is 27.3 Å². The minimum absolute atomic E-state index is 0.362. The van der Waals surface area contributed by atoms with E-state index in [0.717, 1.165) is 22.3 Å². The Morgan fingerprint density at radius 3 is 2.14 bits per heavy atom. The van der Waals surface area contributed by atoms with Gasteiger partial charge < -0.3 is 18.9 Å². The van der Waals surface area contributed by atoms with Gasteiger partial charge in [0, 0.05) is 18.1 Å². The second-order valence-corrected chi connectivity index (χ2v) is 6.25. The molecule has 6 heteroatoms. The van der Waals surface area contributed by atoms with Crippen molar-refractivity contribution < 1.29 is 28.1 Å². The second kappa shape index (κ2) is 7.76. The quantitative estimate of drug-likeness (QED) is 0.700. The van der Waals surface area contributed by atoms with Gasteiger partial charge in [0.15, 0.2) is 11.5 Å². The summed E-state index contributed by atoms with van der Waals surface area (Å²) in [7, 11) is 4.64. The van der Waals surface area contributed by atoms with Crippen molar-refractivity contribution in [2.45, 2.75) is 13.8 Å². The molecule has 0 amide bonds. The van der Waals surface area contributed by atoms with Crippen LogP contribution in [0, 0.1) is 5.82 Å². The van der Waals surface area contributed by atoms with Gasteiger partial charge in [-0.3, -0.25) is 4.79 Å². The third kappa shape index (κ3) is 3.45. The summed E-state index contributed by atoms with van der Waals surface area (Å²) >= 11 is 0. The molecule has 2 aromatic rings. The van der Waals surface area contributed by atoms with Gasteiger partial charge >= 0.3 is 5.97 Å². The number of ether oxygens (including phenoxy) is 4. The van der Waals surface area contributed by atoms with Gasteiger partial charge in [0.2, 0.25) is 5.75 Å². The maximum Gasteiger partial charge on any atom is 0.308 e. The van der Waals surface area contributed by atoms with Gasteiger partial charge in [-0.25, -0.2) is 4.39 Å². The molecule has 0 heterocycles. The van der Waals surface area contributed by atoms with Crippen LogP contribution < -0.4 is 14.2 Å². The van der Waals surface area contributed by atoms with Crippen molar-refractivity contribution in [1.82, 2.24) is 0 Å². The van der Waals surface area contributed by atoms with Crippen LogP contribution >= 0.6 is 0 Å². The average Bonchev–Trinajstić information content (AvgIpc) is 2.91. The van der Waals surface area contributed by atoms with Crippen molar-refractivity contribution in [1.29, 1.82) is 0 Å². The van der Waals surface area contributed by atoms with Crippen molar-refractivity contribution in [3.63, 3.8) is 0 Å². The molecule has 0 saturated carbocycles. The first-order chi connectivity index (χ1) is 13.4. The van der Waals surface area contributed by atoms with E-state index >= 15 is 0 Å². The molecule has 1 aliphatic rings. The molecule has 0 bridgehead atoms. The van der Waals surface area contributed by atoms with Crippen molar-refractivity contribution in [2.24, 2.45) is 0 Å². The third-order valence-electron chi connectivity index (χ3n) is 4.50. The molecule has 28 heavy (non-hydrogen) atoms. The van der Waals surface area contributed by atoms with E-state index < -0.39 is 11.8 Å². The highest BCUT2D eigenvalue weighted by atomic mass is 19.1. The molecule has 5 nitrogen and oxygen atoms in total. The Hall–Kier alpha value is -3.28. The molecule has 146 valence electrons. The summed E-state index contributed by atoms with van der Waals surface area (Å²) in [6.45, 7) is 3.15. The Balaban J connectivity index is 2.19. The summed E-state index contributed by atoms with van der Waals surface area (Å²) < 4.78 is 35.3. The van der Waals surface area contributed by atoms with Gasteiger partial charge in [-0.15, -0.1) is 0 Å². The van der Waals surface area contributed by atoms with E-state index in [9.17, 15) is 9.18 Å². The van der Waals surface area contributed by atoms with Crippen molar-refractivity contribution in [3.05, 3.63) is 58.4 Å². The molecule has 0 aromatic heterocycles. The predicted molar refractivity (Wildman–Crippen MR) is 105 cm³/mol. The van der Waals surface area contributed by atoms with Crippen molar-refractivity contribution >= 4 is 23.4 Å². The zero-order valence-electron chi connectivity index (χ0n) is 16.4. The molecule has 1 aliphatic carbocycles. The molecule has 0 aliphatic heterocycles. The molecular formula is C22H21FO5. The molecular weight excluding hydrogens is 363 g/mol. The number of hydrogen-bond acceptors (Lipinski definition) is 5. The normalized spacial score (nSPS) is 14.1. The number of carbonyl (C=O) groups excluding carboxylic acids is 1. The maximum absolute atomic E-state index is 13.8. The SMILES string of the molecule is COc1cc(/C=C2\C(C)=C(OC(C)=O)c3cc(F)ccc32)cc(OC)c1OC. The lowest BCUT2D eigenvalue weighted by molar-refractivity contribution is -0.134. The molecule has 0 spiro atoms. The summed E-state index contributed by atoms with van der Waals surface area (Å²) in [6.07, 6.45) is 1.91. The van der Waals surface area contributed by atoms with Crippen molar-refractivity contribution in [3.8, 4) is 17.2 Å². The Morgan fingerprint density at radius 2 is 1.61 bits per heavy atom. The smallest absolute Gasteiger partial charge is 0.308 e. The van der Waals surface area contributed by atoms with Crippen LogP contribution in [0.3, 0.4) is 0 Å². The lowest BCUT2D eigenvalue weighted by Crippen LogP contribution is -1.98. The molecule has 2 aromatic carbocycles. The monoisotopic (exact) mass is 384 g/mol. The summed E-state index contributed by atoms with van der Waals surface area (Å²) in [5.74, 6) is 1.04. The van der Waals surface area contributed by atoms with Crippen LogP contribution in [0.15, 0.2) is 35.9 Å². The van der Waals surface area contributed by atoms with Gasteiger partial charge in [0.25, 0.3) is 0 Å². The number of benzene rings is 2. The van der Waals surface area contributed by atoms with E-state index in [2.05, 4.69) is 0 Å². The van der Waals surface area contributed by atoms with Crippen LogP contribution in [0.25, 0.3) is 17.4 Å². The van der Waals surface area contributed by atoms with Crippen LogP contribution in [-0.2, 0) is 9.53 Å². The standard InChI is InChI=1S/C22H21FO5/c1-12-17(8-14-9-19(25-3)22(27-5)20(10-14)26-4)16-7-6-15(23)11-18(16)21(12)28-13(2)24/h6-11H,1-5H3/b17-8+. The van der Waals surface area contributed by atoms with Gasteiger partial charge in [-0.2, -0.15) is 0 Å². The fourth-order valence-electron chi connectivity index (χ4n) is 3.28. The predicted octanol–water partition coefficient (Wildman–Crippen LogP) is 4.70. The molecule has 3 rings (SSSR count). The summed E-state index contributed by atoms with van der Waals surface area (Å²) in [5.41, 5.74) is 3.68. The lowest BCUT2D eigenvalue weighted by atomic mass is 10.00. The number of rotatable bonds is 5. The van der Waals surface area contributed by atoms with E-state index in [0.29, 0.717) is 28.6 Å². The number of allylic oxidation sites excluding steroid dienone is 2. The first-order valence-corrected chi connectivity index (χ1v) is 8.61. The van der Waals surface area contributed by atoms with Crippen molar-refractivity contribution in [2.75, 3.05) is 21.3 Å². The minimum Gasteiger partial charge on any atom is -0.493 e. The first-order valence-electron chi connectivity index (χ1n) is 8.61. The fraction of sp³-hybridized carbons (Fsp3) is 0.227. The zero-order valence-corrected chi connectivity index (χ0v) is 16.4. The highest BCUT2D eigenvalue weighted by molar-refractivity contribution is 6.05. The first kappa shape index (κ1) is 19.5. The van der Waals surface area contributed by atoms with E-state index in [1.165, 1.54) is 19.1 Å². The van der Waals surface area contributed by atoms with Gasteiger partial charge in [-0.05, 0) is 54.0 Å². The Bertz CT molecular complexity index is 979. The summed E-state index contributed by atoms with van der Waals surface area (Å²) in [5, 5.41) is 0. The molecule has 0 radical (unpaired) electrons. The summed E-state index contributed by atoms with van der Waals surface area (Å²) in [4.78, 5) is 11.5. The minimum atomic E-state index is -0.460. The zero-order chi connectivity index (χ0) is 20.4. The molecule has 0 atom stereocenters. The van der Waals surface area contributed by atoms with Gasteiger partial charge in [-0.1, -0.05) is 6.07 Å². The highest BCUT2D eigenvalue weighted by Gasteiger charge is 2.27. The Morgan fingerprint density at radius 1 is 0.964 bits per heavy atom. The van der Waals surface area contributed by atoms with Gasteiger partial charge in [0.05, 0.1) is 21.3 Å². The molecule has 0 unspecified atom stereocenters. The third-order valence-corrected chi connectivity index (χ3v) is 4.50. The highest BCUT2D eigenvalue weighted by Crippen LogP contribution is 2.44. The topological polar surface area (TPSA) is 54.0 Å². The number of esters is 1. The molecule has 0 fully saturated rings. The van der Waals surface area contributed by atoms with E-state index in [-0.39, 0.29) is 0 Å². The Labute approximate surface area is 163 Å². The number of hydrogen-bond donors (Lipinski definition) is 0. The number of halogens is 1. The molecule has 0 N–H and O–H groups in total.